The topological polar surface area (TPSA) is 24.9 Å². The highest BCUT2D eigenvalue weighted by atomic mass is 28.4. The van der Waals surface area contributed by atoms with E-state index in [-0.39, 0.29) is 0 Å². The third-order valence-electron chi connectivity index (χ3n) is 9.20. The van der Waals surface area contributed by atoms with Crippen LogP contribution in [0.3, 0.4) is 0 Å². The van der Waals surface area contributed by atoms with Gasteiger partial charge in [0.05, 0.1) is 0 Å². The van der Waals surface area contributed by atoms with Gasteiger partial charge < -0.3 is 8.85 Å². The van der Waals surface area contributed by atoms with Gasteiger partial charge in [0.25, 0.3) is 0 Å². The first-order chi connectivity index (χ1) is 13.9. The van der Waals surface area contributed by atoms with E-state index in [1.807, 2.05) is 14.2 Å². The lowest BCUT2D eigenvalue weighted by Crippen LogP contribution is -2.79. The van der Waals surface area contributed by atoms with Crippen molar-refractivity contribution in [1.29, 1.82) is 0 Å². The molecule has 4 nitrogen and oxygen atoms in total. The lowest BCUT2D eigenvalue weighted by molar-refractivity contribution is -0.0478. The van der Waals surface area contributed by atoms with Crippen LogP contribution >= 0.6 is 0 Å². The highest BCUT2D eigenvalue weighted by molar-refractivity contribution is 6.61. The van der Waals surface area contributed by atoms with Crippen LogP contribution in [0, 0.1) is 23.7 Å². The molecule has 0 aromatic rings. The molecule has 0 bridgehead atoms. The van der Waals surface area contributed by atoms with Crippen LogP contribution in [0.25, 0.3) is 0 Å². The minimum Gasteiger partial charge on any atom is -0.374 e. The molecule has 2 aliphatic carbocycles. The van der Waals surface area contributed by atoms with Crippen molar-refractivity contribution in [2.45, 2.75) is 116 Å². The maximum Gasteiger partial charge on any atom is 0.522 e. The highest BCUT2D eigenvalue weighted by Crippen LogP contribution is 2.47. The van der Waals surface area contributed by atoms with E-state index >= 15 is 0 Å². The van der Waals surface area contributed by atoms with Gasteiger partial charge in [-0.05, 0) is 88.9 Å². The molecule has 4 aliphatic rings. The summed E-state index contributed by atoms with van der Waals surface area (Å²) in [6.07, 6.45) is 13.6. The monoisotopic (exact) mass is 422 g/mol. The maximum atomic E-state index is 6.64. The fourth-order valence-electron chi connectivity index (χ4n) is 7.64. The summed E-state index contributed by atoms with van der Waals surface area (Å²) in [6, 6.07) is 2.40. The van der Waals surface area contributed by atoms with Gasteiger partial charge in [0.2, 0.25) is 0 Å². The lowest BCUT2D eigenvalue weighted by atomic mass is 9.74. The number of nitrogens with zero attached hydrogens (tertiary/aromatic N) is 2. The number of piperidine rings is 2. The molecule has 0 radical (unpaired) electrons. The van der Waals surface area contributed by atoms with E-state index < -0.39 is 8.88 Å². The minimum atomic E-state index is -2.68. The second-order valence-corrected chi connectivity index (χ2v) is 14.1. The second kappa shape index (κ2) is 8.89. The summed E-state index contributed by atoms with van der Waals surface area (Å²) < 4.78 is 19.0. The van der Waals surface area contributed by atoms with E-state index in [0.29, 0.717) is 24.2 Å². The van der Waals surface area contributed by atoms with Crippen molar-refractivity contribution < 1.29 is 8.85 Å². The van der Waals surface area contributed by atoms with Crippen LogP contribution in [0.4, 0.5) is 0 Å². The van der Waals surface area contributed by atoms with Crippen LogP contribution in [0.1, 0.15) is 91.9 Å². The van der Waals surface area contributed by atoms with Gasteiger partial charge in [0, 0.05) is 38.4 Å². The fraction of sp³-hybridized carbons (Fsp3) is 1.00. The summed E-state index contributed by atoms with van der Waals surface area (Å²) in [5.41, 5.74) is 0. The molecule has 0 N–H and O–H groups in total. The molecule has 2 saturated heterocycles. The van der Waals surface area contributed by atoms with Gasteiger partial charge in [-0.25, -0.2) is 0 Å². The lowest BCUT2D eigenvalue weighted by Gasteiger charge is -2.60. The Balaban J connectivity index is 1.73. The zero-order chi connectivity index (χ0) is 20.8. The summed E-state index contributed by atoms with van der Waals surface area (Å²) >= 11 is 0. The van der Waals surface area contributed by atoms with E-state index in [1.165, 1.54) is 64.2 Å². The number of hydrogen-bond acceptors (Lipinski definition) is 4. The Kier molecular flexibility index (Phi) is 6.83. The normalized spacial score (nSPS) is 44.9. The summed E-state index contributed by atoms with van der Waals surface area (Å²) in [4.78, 5) is 0. The minimum absolute atomic E-state index is 0.557. The van der Waals surface area contributed by atoms with Crippen LogP contribution in [0.15, 0.2) is 0 Å². The van der Waals surface area contributed by atoms with Crippen molar-refractivity contribution in [3.8, 4) is 0 Å². The van der Waals surface area contributed by atoms with Crippen molar-refractivity contribution in [3.05, 3.63) is 0 Å². The number of rotatable bonds is 4. The SMILES string of the molecule is CO[Si](OC)(N1C(C)CCC2CCC(C)CC21)N1C(C)CCC2CCC(C)CC21. The van der Waals surface area contributed by atoms with Gasteiger partial charge in [0.1, 0.15) is 0 Å². The summed E-state index contributed by atoms with van der Waals surface area (Å²) in [5.74, 6) is 3.32. The van der Waals surface area contributed by atoms with E-state index in [1.54, 1.807) is 0 Å². The van der Waals surface area contributed by atoms with Gasteiger partial charge in [-0.1, -0.05) is 26.7 Å². The quantitative estimate of drug-likeness (QED) is 0.575. The Bertz CT molecular complexity index is 509. The first-order valence-electron chi connectivity index (χ1n) is 12.6. The molecule has 5 heteroatoms. The van der Waals surface area contributed by atoms with Gasteiger partial charge in [-0.3, -0.25) is 9.13 Å². The Labute approximate surface area is 181 Å². The predicted octanol–water partition coefficient (Wildman–Crippen LogP) is 5.29. The molecule has 4 fully saturated rings. The predicted molar refractivity (Wildman–Crippen MR) is 121 cm³/mol. The molecular weight excluding hydrogens is 376 g/mol. The molecule has 2 aliphatic heterocycles. The average molecular weight is 423 g/mol. The molecule has 2 heterocycles. The fourth-order valence-corrected chi connectivity index (χ4v) is 11.8. The van der Waals surface area contributed by atoms with Gasteiger partial charge >= 0.3 is 8.88 Å². The standard InChI is InChI=1S/C24H46N2O2Si/c1-17-7-11-21-13-9-19(3)25(23(21)15-17)29(27-5,28-6)26-20(4)10-14-22-12-8-18(2)16-24(22)26/h17-24H,7-16H2,1-6H3. The molecule has 0 amide bonds. The Hall–Kier alpha value is 0.0569. The van der Waals surface area contributed by atoms with Crippen LogP contribution in [-0.4, -0.2) is 56.4 Å². The molecule has 0 aromatic carbocycles. The van der Waals surface area contributed by atoms with Gasteiger partial charge in [0.15, 0.2) is 0 Å². The van der Waals surface area contributed by atoms with Crippen LogP contribution in [0.5, 0.6) is 0 Å². The molecule has 8 atom stereocenters. The summed E-state index contributed by atoms with van der Waals surface area (Å²) in [7, 11) is 1.24. The van der Waals surface area contributed by atoms with E-state index in [0.717, 1.165) is 23.7 Å². The van der Waals surface area contributed by atoms with Crippen molar-refractivity contribution in [3.63, 3.8) is 0 Å². The summed E-state index contributed by atoms with van der Waals surface area (Å²) in [5, 5.41) is 0. The zero-order valence-electron chi connectivity index (χ0n) is 19.9. The second-order valence-electron chi connectivity index (χ2n) is 11.1. The van der Waals surface area contributed by atoms with E-state index in [4.69, 9.17) is 8.85 Å². The van der Waals surface area contributed by atoms with Crippen molar-refractivity contribution in [2.75, 3.05) is 14.2 Å². The molecule has 0 aromatic heterocycles. The highest BCUT2D eigenvalue weighted by Gasteiger charge is 2.62. The van der Waals surface area contributed by atoms with E-state index in [2.05, 4.69) is 36.8 Å². The molecule has 168 valence electrons. The van der Waals surface area contributed by atoms with Crippen LogP contribution in [0.2, 0.25) is 0 Å². The molecular formula is C24H46N2O2Si. The first-order valence-corrected chi connectivity index (χ1v) is 14.3. The maximum absolute atomic E-state index is 6.64. The molecule has 8 unspecified atom stereocenters. The van der Waals surface area contributed by atoms with Crippen molar-refractivity contribution in [1.82, 2.24) is 9.13 Å². The molecule has 4 rings (SSSR count). The Morgan fingerprint density at radius 1 is 0.586 bits per heavy atom. The van der Waals surface area contributed by atoms with E-state index in [9.17, 15) is 0 Å². The Morgan fingerprint density at radius 3 is 1.34 bits per heavy atom. The number of fused-ring (bicyclic) bond motifs is 2. The first kappa shape index (κ1) is 22.3. The van der Waals surface area contributed by atoms with Crippen molar-refractivity contribution >= 4 is 8.88 Å². The van der Waals surface area contributed by atoms with Crippen LogP contribution < -0.4 is 0 Å². The number of hydrogen-bond donors (Lipinski definition) is 0. The van der Waals surface area contributed by atoms with Crippen LogP contribution in [-0.2, 0) is 8.85 Å². The zero-order valence-corrected chi connectivity index (χ0v) is 20.9. The van der Waals surface area contributed by atoms with Crippen molar-refractivity contribution in [2.24, 2.45) is 23.7 Å². The molecule has 0 spiro atoms. The third kappa shape index (κ3) is 3.88. The third-order valence-corrected chi connectivity index (χ3v) is 13.1. The smallest absolute Gasteiger partial charge is 0.374 e. The molecule has 2 saturated carbocycles. The largest absolute Gasteiger partial charge is 0.522 e. The van der Waals surface area contributed by atoms with Gasteiger partial charge in [-0.2, -0.15) is 0 Å². The molecule has 29 heavy (non-hydrogen) atoms. The summed E-state index contributed by atoms with van der Waals surface area (Å²) in [6.45, 7) is 9.81. The Morgan fingerprint density at radius 2 is 0.966 bits per heavy atom. The van der Waals surface area contributed by atoms with Gasteiger partial charge in [-0.15, -0.1) is 0 Å². The average Bonchev–Trinajstić information content (AvgIpc) is 2.71.